The standard InChI is InChI=1S/C8H13N3O2/c1-6-9-4-8(13-3)7(10-6)5-11(2)12/h4,12H,5H2,1-3H3. The Kier molecular flexibility index (Phi) is 3.16. The Balaban J connectivity index is 2.94. The minimum Gasteiger partial charge on any atom is -0.493 e. The molecule has 0 atom stereocenters. The largest absolute Gasteiger partial charge is 0.493 e. The zero-order valence-corrected chi connectivity index (χ0v) is 7.98. The van der Waals surface area contributed by atoms with E-state index in [1.165, 1.54) is 0 Å². The molecule has 1 rings (SSSR count). The van der Waals surface area contributed by atoms with Crippen LogP contribution in [0.1, 0.15) is 11.5 Å². The minimum absolute atomic E-state index is 0.326. The van der Waals surface area contributed by atoms with Crippen molar-refractivity contribution < 1.29 is 9.94 Å². The molecule has 5 heteroatoms. The Hall–Kier alpha value is -1.20. The van der Waals surface area contributed by atoms with E-state index < -0.39 is 0 Å². The monoisotopic (exact) mass is 183 g/mol. The van der Waals surface area contributed by atoms with E-state index in [9.17, 15) is 0 Å². The van der Waals surface area contributed by atoms with Gasteiger partial charge in [-0.15, -0.1) is 0 Å². The van der Waals surface area contributed by atoms with E-state index in [-0.39, 0.29) is 0 Å². The van der Waals surface area contributed by atoms with Gasteiger partial charge in [0.05, 0.1) is 19.9 Å². The Morgan fingerprint density at radius 1 is 1.62 bits per heavy atom. The quantitative estimate of drug-likeness (QED) is 0.696. The van der Waals surface area contributed by atoms with Gasteiger partial charge in [0.2, 0.25) is 0 Å². The van der Waals surface area contributed by atoms with Gasteiger partial charge in [-0.25, -0.2) is 9.97 Å². The average molecular weight is 183 g/mol. The summed E-state index contributed by atoms with van der Waals surface area (Å²) in [5.41, 5.74) is 0.681. The number of rotatable bonds is 3. The van der Waals surface area contributed by atoms with Crippen LogP contribution >= 0.6 is 0 Å². The molecule has 0 aromatic carbocycles. The molecule has 0 aliphatic carbocycles. The van der Waals surface area contributed by atoms with Gasteiger partial charge in [0, 0.05) is 7.05 Å². The fourth-order valence-electron chi connectivity index (χ4n) is 1.01. The SMILES string of the molecule is COc1cnc(C)nc1CN(C)O. The van der Waals surface area contributed by atoms with Crippen molar-refractivity contribution in [3.63, 3.8) is 0 Å². The summed E-state index contributed by atoms with van der Waals surface area (Å²) in [7, 11) is 3.10. The Morgan fingerprint density at radius 3 is 2.85 bits per heavy atom. The van der Waals surface area contributed by atoms with Crippen LogP contribution in [0.25, 0.3) is 0 Å². The van der Waals surface area contributed by atoms with E-state index in [2.05, 4.69) is 9.97 Å². The maximum atomic E-state index is 9.03. The van der Waals surface area contributed by atoms with Gasteiger partial charge in [-0.2, -0.15) is 5.06 Å². The first-order valence-electron chi connectivity index (χ1n) is 3.90. The number of methoxy groups -OCH3 is 1. The molecule has 0 unspecified atom stereocenters. The second kappa shape index (κ2) is 4.15. The molecule has 0 saturated heterocycles. The topological polar surface area (TPSA) is 58.5 Å². The number of aromatic nitrogens is 2. The molecule has 0 bridgehead atoms. The molecular formula is C8H13N3O2. The van der Waals surface area contributed by atoms with Crippen LogP contribution in [0.15, 0.2) is 6.20 Å². The lowest BCUT2D eigenvalue weighted by Crippen LogP contribution is -2.14. The van der Waals surface area contributed by atoms with Gasteiger partial charge in [-0.1, -0.05) is 0 Å². The lowest BCUT2D eigenvalue weighted by Gasteiger charge is -2.10. The third-order valence-corrected chi connectivity index (χ3v) is 1.55. The first kappa shape index (κ1) is 9.88. The molecule has 0 aliphatic rings. The van der Waals surface area contributed by atoms with Crippen LogP contribution in [0.4, 0.5) is 0 Å². The van der Waals surface area contributed by atoms with E-state index in [4.69, 9.17) is 9.94 Å². The zero-order valence-electron chi connectivity index (χ0n) is 7.98. The van der Waals surface area contributed by atoms with Crippen molar-refractivity contribution in [2.24, 2.45) is 0 Å². The van der Waals surface area contributed by atoms with Gasteiger partial charge in [-0.05, 0) is 6.92 Å². The van der Waals surface area contributed by atoms with Crippen LogP contribution in [0.2, 0.25) is 0 Å². The van der Waals surface area contributed by atoms with Crippen molar-refractivity contribution in [3.8, 4) is 5.75 Å². The van der Waals surface area contributed by atoms with Crippen molar-refractivity contribution in [3.05, 3.63) is 17.7 Å². The summed E-state index contributed by atoms with van der Waals surface area (Å²) in [6.07, 6.45) is 1.60. The van der Waals surface area contributed by atoms with Gasteiger partial charge in [0.1, 0.15) is 11.5 Å². The van der Waals surface area contributed by atoms with Crippen LogP contribution in [0.5, 0.6) is 5.75 Å². The highest BCUT2D eigenvalue weighted by molar-refractivity contribution is 5.24. The maximum absolute atomic E-state index is 9.03. The molecule has 0 spiro atoms. The molecular weight excluding hydrogens is 170 g/mol. The van der Waals surface area contributed by atoms with Crippen LogP contribution in [-0.2, 0) is 6.54 Å². The third-order valence-electron chi connectivity index (χ3n) is 1.55. The molecule has 0 amide bonds. The maximum Gasteiger partial charge on any atom is 0.160 e. The van der Waals surface area contributed by atoms with Crippen molar-refractivity contribution in [2.45, 2.75) is 13.5 Å². The van der Waals surface area contributed by atoms with E-state index in [1.54, 1.807) is 27.3 Å². The van der Waals surface area contributed by atoms with Crippen molar-refractivity contribution >= 4 is 0 Å². The summed E-state index contributed by atoms with van der Waals surface area (Å²) >= 11 is 0. The van der Waals surface area contributed by atoms with Gasteiger partial charge in [-0.3, -0.25) is 0 Å². The highest BCUT2D eigenvalue weighted by atomic mass is 16.5. The van der Waals surface area contributed by atoms with Gasteiger partial charge in [0.15, 0.2) is 5.75 Å². The van der Waals surface area contributed by atoms with Gasteiger partial charge >= 0.3 is 0 Å². The number of nitrogens with zero attached hydrogens (tertiary/aromatic N) is 3. The lowest BCUT2D eigenvalue weighted by molar-refractivity contribution is -0.0745. The fourth-order valence-corrected chi connectivity index (χ4v) is 1.01. The van der Waals surface area contributed by atoms with Crippen molar-refractivity contribution in [2.75, 3.05) is 14.2 Å². The van der Waals surface area contributed by atoms with Crippen LogP contribution in [0.3, 0.4) is 0 Å². The molecule has 5 nitrogen and oxygen atoms in total. The summed E-state index contributed by atoms with van der Waals surface area (Å²) in [4.78, 5) is 8.13. The Bertz CT molecular complexity index is 289. The predicted octanol–water partition coefficient (Wildman–Crippen LogP) is 0.615. The molecule has 0 aliphatic heterocycles. The molecule has 0 saturated carbocycles. The van der Waals surface area contributed by atoms with E-state index in [0.717, 1.165) is 5.06 Å². The van der Waals surface area contributed by atoms with Gasteiger partial charge in [0.25, 0.3) is 0 Å². The summed E-state index contributed by atoms with van der Waals surface area (Å²) in [5.74, 6) is 1.25. The molecule has 1 N–H and O–H groups in total. The van der Waals surface area contributed by atoms with Crippen LogP contribution in [-0.4, -0.2) is 34.4 Å². The Labute approximate surface area is 77.0 Å². The zero-order chi connectivity index (χ0) is 9.84. The molecule has 13 heavy (non-hydrogen) atoms. The van der Waals surface area contributed by atoms with Crippen molar-refractivity contribution in [1.82, 2.24) is 15.0 Å². The molecule has 0 radical (unpaired) electrons. The second-order valence-corrected chi connectivity index (χ2v) is 2.75. The number of hydroxylamine groups is 2. The van der Waals surface area contributed by atoms with E-state index >= 15 is 0 Å². The van der Waals surface area contributed by atoms with Crippen molar-refractivity contribution in [1.29, 1.82) is 0 Å². The Morgan fingerprint density at radius 2 is 2.31 bits per heavy atom. The van der Waals surface area contributed by atoms with E-state index in [1.807, 2.05) is 0 Å². The third kappa shape index (κ3) is 2.64. The molecule has 0 fully saturated rings. The number of aryl methyl sites for hydroxylation is 1. The van der Waals surface area contributed by atoms with Crippen LogP contribution in [0, 0.1) is 6.92 Å². The normalized spacial score (nSPS) is 10.5. The van der Waals surface area contributed by atoms with E-state index in [0.29, 0.717) is 23.8 Å². The lowest BCUT2D eigenvalue weighted by atomic mass is 10.3. The van der Waals surface area contributed by atoms with Gasteiger partial charge < -0.3 is 9.94 Å². The summed E-state index contributed by atoms with van der Waals surface area (Å²) in [5, 5.41) is 10.1. The molecule has 72 valence electrons. The number of hydrogen-bond acceptors (Lipinski definition) is 5. The minimum atomic E-state index is 0.326. The molecule has 1 aromatic heterocycles. The number of hydrogen-bond donors (Lipinski definition) is 1. The highest BCUT2D eigenvalue weighted by Crippen LogP contribution is 2.14. The fraction of sp³-hybridized carbons (Fsp3) is 0.500. The molecule has 1 heterocycles. The predicted molar refractivity (Wildman–Crippen MR) is 46.6 cm³/mol. The van der Waals surface area contributed by atoms with Crippen LogP contribution < -0.4 is 4.74 Å². The first-order valence-corrected chi connectivity index (χ1v) is 3.90. The highest BCUT2D eigenvalue weighted by Gasteiger charge is 2.07. The number of ether oxygens (including phenoxy) is 1. The summed E-state index contributed by atoms with van der Waals surface area (Å²) < 4.78 is 5.04. The average Bonchev–Trinajstić information content (AvgIpc) is 2.03. The first-order chi connectivity index (χ1) is 6.13. The second-order valence-electron chi connectivity index (χ2n) is 2.75. The summed E-state index contributed by atoms with van der Waals surface area (Å²) in [6, 6.07) is 0. The smallest absolute Gasteiger partial charge is 0.160 e. The summed E-state index contributed by atoms with van der Waals surface area (Å²) in [6.45, 7) is 2.12. The molecule has 1 aromatic rings.